The highest BCUT2D eigenvalue weighted by Gasteiger charge is 2.29. The Morgan fingerprint density at radius 3 is 2.23 bits per heavy atom. The first-order valence-corrected chi connectivity index (χ1v) is 10.8. The number of nitro benzene ring substituents is 1. The van der Waals surface area contributed by atoms with Crippen LogP contribution in [0.4, 0.5) is 5.69 Å². The Labute approximate surface area is 200 Å². The number of non-ortho nitro benzene ring substituents is 1. The van der Waals surface area contributed by atoms with Crippen molar-refractivity contribution in [3.63, 3.8) is 0 Å². The Hall–Kier alpha value is -4.48. The second-order valence-corrected chi connectivity index (χ2v) is 7.87. The zero-order valence-corrected chi connectivity index (χ0v) is 19.5. The molecule has 0 bridgehead atoms. The van der Waals surface area contributed by atoms with Crippen molar-refractivity contribution in [2.75, 3.05) is 40.4 Å². The monoisotopic (exact) mass is 480 g/mol. The van der Waals surface area contributed by atoms with E-state index in [1.54, 1.807) is 47.1 Å². The van der Waals surface area contributed by atoms with Gasteiger partial charge in [-0.1, -0.05) is 11.3 Å². The second-order valence-electron chi connectivity index (χ2n) is 7.87. The summed E-state index contributed by atoms with van der Waals surface area (Å²) < 4.78 is 11.9. The minimum absolute atomic E-state index is 0.0828. The van der Waals surface area contributed by atoms with Crippen molar-refractivity contribution in [1.82, 2.24) is 24.8 Å². The SMILES string of the molecule is COc1ccc(C(=O)N2CCN(C(=O)c3nnn(-c4cccc([N+](=O)[O-])c4)c3C)CC2)cc1OC. The van der Waals surface area contributed by atoms with Crippen LogP contribution in [0.1, 0.15) is 26.5 Å². The van der Waals surface area contributed by atoms with Crippen molar-refractivity contribution in [3.8, 4) is 17.2 Å². The van der Waals surface area contributed by atoms with Crippen LogP contribution >= 0.6 is 0 Å². The zero-order chi connectivity index (χ0) is 25.1. The van der Waals surface area contributed by atoms with Crippen molar-refractivity contribution in [3.05, 3.63) is 69.5 Å². The lowest BCUT2D eigenvalue weighted by Gasteiger charge is -2.34. The van der Waals surface area contributed by atoms with Crippen LogP contribution in [0.3, 0.4) is 0 Å². The molecule has 12 heteroatoms. The zero-order valence-electron chi connectivity index (χ0n) is 19.5. The van der Waals surface area contributed by atoms with Crippen molar-refractivity contribution < 1.29 is 24.0 Å². The van der Waals surface area contributed by atoms with Gasteiger partial charge in [0, 0.05) is 43.9 Å². The summed E-state index contributed by atoms with van der Waals surface area (Å²) in [4.78, 5) is 39.9. The lowest BCUT2D eigenvalue weighted by atomic mass is 10.1. The summed E-state index contributed by atoms with van der Waals surface area (Å²) in [5.74, 6) is 0.533. The average Bonchev–Trinajstić information content (AvgIpc) is 3.28. The van der Waals surface area contributed by atoms with Gasteiger partial charge in [-0.2, -0.15) is 0 Å². The number of hydrogen-bond donors (Lipinski definition) is 0. The molecule has 0 N–H and O–H groups in total. The van der Waals surface area contributed by atoms with E-state index in [4.69, 9.17) is 9.47 Å². The topological polar surface area (TPSA) is 133 Å². The number of methoxy groups -OCH3 is 2. The van der Waals surface area contributed by atoms with Gasteiger partial charge in [-0.3, -0.25) is 19.7 Å². The van der Waals surface area contributed by atoms with Crippen LogP contribution in [0.5, 0.6) is 11.5 Å². The fourth-order valence-electron chi connectivity index (χ4n) is 3.92. The largest absolute Gasteiger partial charge is 0.493 e. The number of nitro groups is 1. The summed E-state index contributed by atoms with van der Waals surface area (Å²) in [5, 5.41) is 19.1. The lowest BCUT2D eigenvalue weighted by Crippen LogP contribution is -2.50. The molecular formula is C23H24N6O6. The summed E-state index contributed by atoms with van der Waals surface area (Å²) in [6.07, 6.45) is 0. The smallest absolute Gasteiger partial charge is 0.276 e. The lowest BCUT2D eigenvalue weighted by molar-refractivity contribution is -0.384. The summed E-state index contributed by atoms with van der Waals surface area (Å²) in [6, 6.07) is 10.9. The fraction of sp³-hybridized carbons (Fsp3) is 0.304. The van der Waals surface area contributed by atoms with Crippen molar-refractivity contribution in [1.29, 1.82) is 0 Å². The Bertz CT molecular complexity index is 1280. The number of rotatable bonds is 6. The number of carbonyl (C=O) groups is 2. The van der Waals surface area contributed by atoms with Gasteiger partial charge in [0.05, 0.1) is 30.5 Å². The van der Waals surface area contributed by atoms with Crippen LogP contribution in [-0.4, -0.2) is 81.9 Å². The third-order valence-corrected chi connectivity index (χ3v) is 5.87. The molecule has 1 aliphatic rings. The molecule has 1 saturated heterocycles. The number of ether oxygens (including phenoxy) is 2. The van der Waals surface area contributed by atoms with Gasteiger partial charge in [0.2, 0.25) is 0 Å². The van der Waals surface area contributed by atoms with Crippen molar-refractivity contribution in [2.45, 2.75) is 6.92 Å². The molecule has 4 rings (SSSR count). The Morgan fingerprint density at radius 2 is 1.60 bits per heavy atom. The number of nitrogens with zero attached hydrogens (tertiary/aromatic N) is 6. The molecule has 0 saturated carbocycles. The maximum atomic E-state index is 13.1. The molecule has 182 valence electrons. The predicted octanol–water partition coefficient (Wildman–Crippen LogP) is 2.10. The first-order chi connectivity index (χ1) is 16.8. The van der Waals surface area contributed by atoms with E-state index < -0.39 is 4.92 Å². The third kappa shape index (κ3) is 4.63. The standard InChI is InChI=1S/C23H24N6O6/c1-15-21(24-25-28(15)17-5-4-6-18(14-17)29(32)33)23(31)27-11-9-26(10-12-27)22(30)16-7-8-19(34-2)20(13-16)35-3/h4-8,13-14H,9-12H2,1-3H3. The van der Waals surface area contributed by atoms with E-state index in [0.29, 0.717) is 54.6 Å². The minimum Gasteiger partial charge on any atom is -0.493 e. The van der Waals surface area contributed by atoms with Crippen LogP contribution in [0, 0.1) is 17.0 Å². The summed E-state index contributed by atoms with van der Waals surface area (Å²) in [6.45, 7) is 3.07. The molecular weight excluding hydrogens is 456 g/mol. The molecule has 0 radical (unpaired) electrons. The van der Waals surface area contributed by atoms with Crippen molar-refractivity contribution >= 4 is 17.5 Å². The first kappa shape index (κ1) is 23.7. The van der Waals surface area contributed by atoms with Crippen LogP contribution in [0.2, 0.25) is 0 Å². The highest BCUT2D eigenvalue weighted by atomic mass is 16.6. The van der Waals surface area contributed by atoms with E-state index in [0.717, 1.165) is 0 Å². The van der Waals surface area contributed by atoms with E-state index in [2.05, 4.69) is 10.3 Å². The maximum Gasteiger partial charge on any atom is 0.276 e. The van der Waals surface area contributed by atoms with E-state index >= 15 is 0 Å². The molecule has 2 aromatic carbocycles. The third-order valence-electron chi connectivity index (χ3n) is 5.87. The molecule has 1 aromatic heterocycles. The van der Waals surface area contributed by atoms with Crippen LogP contribution in [0.25, 0.3) is 5.69 Å². The normalized spacial score (nSPS) is 13.5. The highest BCUT2D eigenvalue weighted by molar-refractivity contribution is 5.96. The Kier molecular flexibility index (Phi) is 6.62. The van der Waals surface area contributed by atoms with Gasteiger partial charge in [-0.05, 0) is 31.2 Å². The summed E-state index contributed by atoms with van der Waals surface area (Å²) >= 11 is 0. The molecule has 0 atom stereocenters. The van der Waals surface area contributed by atoms with E-state index in [-0.39, 0.29) is 23.2 Å². The molecule has 12 nitrogen and oxygen atoms in total. The molecule has 0 aliphatic carbocycles. The minimum atomic E-state index is -0.495. The summed E-state index contributed by atoms with van der Waals surface area (Å²) in [7, 11) is 3.03. The molecule has 1 aliphatic heterocycles. The van der Waals surface area contributed by atoms with Gasteiger partial charge in [0.25, 0.3) is 17.5 Å². The van der Waals surface area contributed by atoms with Gasteiger partial charge < -0.3 is 19.3 Å². The van der Waals surface area contributed by atoms with Crippen LogP contribution < -0.4 is 9.47 Å². The summed E-state index contributed by atoms with van der Waals surface area (Å²) in [5.41, 5.74) is 1.46. The number of amides is 2. The molecule has 0 unspecified atom stereocenters. The van der Waals surface area contributed by atoms with Gasteiger partial charge in [-0.25, -0.2) is 4.68 Å². The van der Waals surface area contributed by atoms with E-state index in [1.165, 1.54) is 31.0 Å². The molecule has 2 heterocycles. The van der Waals surface area contributed by atoms with E-state index in [9.17, 15) is 19.7 Å². The Morgan fingerprint density at radius 1 is 0.943 bits per heavy atom. The van der Waals surface area contributed by atoms with Gasteiger partial charge in [0.1, 0.15) is 0 Å². The molecule has 35 heavy (non-hydrogen) atoms. The van der Waals surface area contributed by atoms with Crippen molar-refractivity contribution in [2.24, 2.45) is 0 Å². The average molecular weight is 480 g/mol. The van der Waals surface area contributed by atoms with Gasteiger partial charge in [0.15, 0.2) is 17.2 Å². The Balaban J connectivity index is 1.44. The van der Waals surface area contributed by atoms with Gasteiger partial charge in [-0.15, -0.1) is 5.10 Å². The number of benzene rings is 2. The molecule has 1 fully saturated rings. The fourth-order valence-corrected chi connectivity index (χ4v) is 3.92. The predicted molar refractivity (Wildman–Crippen MR) is 124 cm³/mol. The quantitative estimate of drug-likeness (QED) is 0.387. The maximum absolute atomic E-state index is 13.1. The number of aromatic nitrogens is 3. The highest BCUT2D eigenvalue weighted by Crippen LogP contribution is 2.28. The van der Waals surface area contributed by atoms with Crippen LogP contribution in [0.15, 0.2) is 42.5 Å². The molecule has 2 amide bonds. The van der Waals surface area contributed by atoms with E-state index in [1.807, 2.05) is 0 Å². The molecule has 3 aromatic rings. The first-order valence-electron chi connectivity index (χ1n) is 10.8. The molecule has 0 spiro atoms. The number of hydrogen-bond acceptors (Lipinski definition) is 8. The van der Waals surface area contributed by atoms with Crippen LogP contribution in [-0.2, 0) is 0 Å². The number of piperazine rings is 1. The number of carbonyl (C=O) groups excluding carboxylic acids is 2. The van der Waals surface area contributed by atoms with Gasteiger partial charge >= 0.3 is 0 Å². The second kappa shape index (κ2) is 9.79.